The number of carbonyl (C=O) groups is 1. The van der Waals surface area contributed by atoms with E-state index in [1.165, 1.54) is 18.4 Å². The number of hydrogen-bond acceptors (Lipinski definition) is 7. The zero-order chi connectivity index (χ0) is 16.1. The van der Waals surface area contributed by atoms with E-state index in [4.69, 9.17) is 0 Å². The first-order chi connectivity index (χ1) is 10.6. The van der Waals surface area contributed by atoms with E-state index in [-0.39, 0.29) is 11.4 Å². The van der Waals surface area contributed by atoms with Crippen molar-refractivity contribution in [2.24, 2.45) is 10.1 Å². The Labute approximate surface area is 131 Å². The van der Waals surface area contributed by atoms with E-state index in [1.54, 1.807) is 0 Å². The first-order valence-electron chi connectivity index (χ1n) is 6.19. The lowest BCUT2D eigenvalue weighted by Crippen LogP contribution is -2.16. The number of thiazole rings is 1. The summed E-state index contributed by atoms with van der Waals surface area (Å²) in [6.45, 7) is 3.45. The second-order valence-corrected chi connectivity index (χ2v) is 5.09. The molecule has 2 rings (SSSR count). The second kappa shape index (κ2) is 6.81. The van der Waals surface area contributed by atoms with Crippen molar-refractivity contribution < 1.29 is 14.7 Å². The topological polar surface area (TPSA) is 87.4 Å². The van der Waals surface area contributed by atoms with Crippen LogP contribution in [0.25, 0.3) is 0 Å². The maximum atomic E-state index is 11.3. The predicted molar refractivity (Wildman–Crippen MR) is 87.0 cm³/mol. The number of aromatic nitrogens is 1. The Morgan fingerprint density at radius 1 is 1.41 bits per heavy atom. The summed E-state index contributed by atoms with van der Waals surface area (Å²) >= 11 is 1.22. The standard InChI is InChI=1S/C14H14N4O3S/c1-15-12-10(11(13(19)20)17-21-3)16-14(22-12)18(2)9-7-5-4-6-8-9/h4-8H,1H2,2-3H3,(H,19,20). The van der Waals surface area contributed by atoms with Crippen molar-refractivity contribution in [3.05, 3.63) is 36.0 Å². The third kappa shape index (κ3) is 3.12. The highest BCUT2D eigenvalue weighted by molar-refractivity contribution is 7.19. The van der Waals surface area contributed by atoms with Gasteiger partial charge in [-0.2, -0.15) is 0 Å². The first-order valence-corrected chi connectivity index (χ1v) is 7.01. The molecule has 0 aliphatic rings. The number of aliphatic carboxylic acids is 1. The van der Waals surface area contributed by atoms with Gasteiger partial charge < -0.3 is 14.8 Å². The van der Waals surface area contributed by atoms with Crippen LogP contribution in [0.4, 0.5) is 15.8 Å². The first kappa shape index (κ1) is 15.6. The molecular formula is C14H14N4O3S. The minimum Gasteiger partial charge on any atom is -0.476 e. The van der Waals surface area contributed by atoms with Gasteiger partial charge in [-0.05, 0) is 18.9 Å². The van der Waals surface area contributed by atoms with Crippen LogP contribution in [0.3, 0.4) is 0 Å². The van der Waals surface area contributed by atoms with Gasteiger partial charge in [-0.25, -0.2) is 9.78 Å². The lowest BCUT2D eigenvalue weighted by atomic mass is 10.3. The molecule has 7 nitrogen and oxygen atoms in total. The van der Waals surface area contributed by atoms with Crippen LogP contribution in [0.5, 0.6) is 0 Å². The van der Waals surface area contributed by atoms with Gasteiger partial charge in [0.25, 0.3) is 0 Å². The van der Waals surface area contributed by atoms with E-state index in [0.29, 0.717) is 10.1 Å². The summed E-state index contributed by atoms with van der Waals surface area (Å²) < 4.78 is 0. The number of aliphatic imine (C=N–C) groups is 1. The highest BCUT2D eigenvalue weighted by atomic mass is 32.1. The minimum atomic E-state index is -1.24. The third-order valence-electron chi connectivity index (χ3n) is 2.78. The molecule has 8 heteroatoms. The zero-order valence-electron chi connectivity index (χ0n) is 12.1. The Morgan fingerprint density at radius 3 is 2.64 bits per heavy atom. The average Bonchev–Trinajstić information content (AvgIpc) is 2.96. The zero-order valence-corrected chi connectivity index (χ0v) is 12.9. The molecule has 0 fully saturated rings. The van der Waals surface area contributed by atoms with E-state index >= 15 is 0 Å². The van der Waals surface area contributed by atoms with Crippen LogP contribution < -0.4 is 4.90 Å². The Bertz CT molecular complexity index is 712. The van der Waals surface area contributed by atoms with Gasteiger partial charge in [0.15, 0.2) is 5.13 Å². The molecule has 0 unspecified atom stereocenters. The maximum Gasteiger partial charge on any atom is 0.360 e. The molecule has 0 spiro atoms. The quantitative estimate of drug-likeness (QED) is 0.653. The van der Waals surface area contributed by atoms with Gasteiger partial charge in [-0.15, -0.1) is 0 Å². The molecule has 1 aromatic heterocycles. The van der Waals surface area contributed by atoms with Crippen molar-refractivity contribution in [1.82, 2.24) is 4.98 Å². The van der Waals surface area contributed by atoms with Crippen molar-refractivity contribution in [3.8, 4) is 0 Å². The molecule has 0 aliphatic carbocycles. The van der Waals surface area contributed by atoms with Gasteiger partial charge in [0.2, 0.25) is 5.71 Å². The summed E-state index contributed by atoms with van der Waals surface area (Å²) in [6, 6.07) is 9.56. The number of para-hydroxylation sites is 1. The molecule has 0 radical (unpaired) electrons. The summed E-state index contributed by atoms with van der Waals surface area (Å²) in [5.74, 6) is -1.24. The van der Waals surface area contributed by atoms with Crippen molar-refractivity contribution in [1.29, 1.82) is 0 Å². The Hall–Kier alpha value is -2.74. The van der Waals surface area contributed by atoms with Crippen LogP contribution in [-0.4, -0.2) is 42.6 Å². The molecule has 0 saturated heterocycles. The highest BCUT2D eigenvalue weighted by Gasteiger charge is 2.24. The van der Waals surface area contributed by atoms with Crippen molar-refractivity contribution >= 4 is 45.6 Å². The van der Waals surface area contributed by atoms with Gasteiger partial charge in [0.1, 0.15) is 17.8 Å². The number of nitrogens with zero attached hydrogens (tertiary/aromatic N) is 4. The maximum absolute atomic E-state index is 11.3. The number of hydrogen-bond donors (Lipinski definition) is 1. The number of benzene rings is 1. The fourth-order valence-corrected chi connectivity index (χ4v) is 2.60. The second-order valence-electron chi connectivity index (χ2n) is 4.13. The van der Waals surface area contributed by atoms with E-state index < -0.39 is 5.97 Å². The van der Waals surface area contributed by atoms with Gasteiger partial charge in [0.05, 0.1) is 0 Å². The summed E-state index contributed by atoms with van der Waals surface area (Å²) in [5, 5.41) is 13.7. The summed E-state index contributed by atoms with van der Waals surface area (Å²) in [5.41, 5.74) is 0.736. The predicted octanol–water partition coefficient (Wildman–Crippen LogP) is 2.68. The molecule has 1 heterocycles. The third-order valence-corrected chi connectivity index (χ3v) is 3.84. The van der Waals surface area contributed by atoms with Crippen LogP contribution in [0.2, 0.25) is 0 Å². The molecule has 0 atom stereocenters. The number of oxime groups is 1. The summed E-state index contributed by atoms with van der Waals surface area (Å²) in [6.07, 6.45) is 0. The van der Waals surface area contributed by atoms with Crippen LogP contribution in [0.15, 0.2) is 40.5 Å². The SMILES string of the molecule is C=Nc1sc(N(C)c2ccccc2)nc1C(=NOC)C(=O)O. The number of anilines is 2. The molecule has 0 amide bonds. The minimum absolute atomic E-state index is 0.132. The molecule has 22 heavy (non-hydrogen) atoms. The van der Waals surface area contributed by atoms with Crippen LogP contribution >= 0.6 is 11.3 Å². The van der Waals surface area contributed by atoms with Crippen molar-refractivity contribution in [2.45, 2.75) is 0 Å². The van der Waals surface area contributed by atoms with Crippen LogP contribution in [0, 0.1) is 0 Å². The van der Waals surface area contributed by atoms with E-state index in [0.717, 1.165) is 5.69 Å². The van der Waals surface area contributed by atoms with E-state index in [2.05, 4.69) is 26.7 Å². The van der Waals surface area contributed by atoms with E-state index in [1.807, 2.05) is 42.3 Å². The molecule has 2 aromatic rings. The van der Waals surface area contributed by atoms with Gasteiger partial charge in [0, 0.05) is 12.7 Å². The Morgan fingerprint density at radius 2 is 2.09 bits per heavy atom. The number of rotatable bonds is 6. The monoisotopic (exact) mass is 318 g/mol. The smallest absolute Gasteiger partial charge is 0.360 e. The number of carboxylic acids is 1. The molecule has 114 valence electrons. The highest BCUT2D eigenvalue weighted by Crippen LogP contribution is 2.36. The van der Waals surface area contributed by atoms with Crippen LogP contribution in [-0.2, 0) is 9.63 Å². The van der Waals surface area contributed by atoms with Gasteiger partial charge in [-0.1, -0.05) is 34.7 Å². The van der Waals surface area contributed by atoms with Crippen molar-refractivity contribution in [3.63, 3.8) is 0 Å². The lowest BCUT2D eigenvalue weighted by molar-refractivity contribution is -0.129. The van der Waals surface area contributed by atoms with Gasteiger partial charge >= 0.3 is 5.97 Å². The Balaban J connectivity index is 2.47. The molecular weight excluding hydrogens is 304 g/mol. The molecule has 0 saturated carbocycles. The summed E-state index contributed by atoms with van der Waals surface area (Å²) in [7, 11) is 3.10. The fourth-order valence-electron chi connectivity index (χ4n) is 1.74. The molecule has 1 aromatic carbocycles. The number of carboxylic acid groups (broad SMARTS) is 1. The van der Waals surface area contributed by atoms with Gasteiger partial charge in [-0.3, -0.25) is 4.99 Å². The van der Waals surface area contributed by atoms with E-state index in [9.17, 15) is 9.90 Å². The van der Waals surface area contributed by atoms with Crippen molar-refractivity contribution in [2.75, 3.05) is 19.1 Å². The average molecular weight is 318 g/mol. The fraction of sp³-hybridized carbons (Fsp3) is 0.143. The van der Waals surface area contributed by atoms with Crippen LogP contribution in [0.1, 0.15) is 5.69 Å². The molecule has 0 aliphatic heterocycles. The molecule has 0 bridgehead atoms. The molecule has 1 N–H and O–H groups in total. The lowest BCUT2D eigenvalue weighted by Gasteiger charge is -2.15. The largest absolute Gasteiger partial charge is 0.476 e. The normalized spacial score (nSPS) is 11.1. The Kier molecular flexibility index (Phi) is 4.84. The summed E-state index contributed by atoms with van der Waals surface area (Å²) in [4.78, 5) is 25.8.